The Kier molecular flexibility index (Phi) is 5.77. The Labute approximate surface area is 170 Å². The predicted molar refractivity (Wildman–Crippen MR) is 109 cm³/mol. The Balaban J connectivity index is 1.93. The highest BCUT2D eigenvalue weighted by molar-refractivity contribution is 9.11. The van der Waals surface area contributed by atoms with Crippen molar-refractivity contribution in [2.45, 2.75) is 19.3 Å². The summed E-state index contributed by atoms with van der Waals surface area (Å²) in [6.45, 7) is 1.99. The van der Waals surface area contributed by atoms with Crippen molar-refractivity contribution in [3.63, 3.8) is 0 Å². The first-order chi connectivity index (χ1) is 11.9. The molecule has 0 spiro atoms. The summed E-state index contributed by atoms with van der Waals surface area (Å²) in [6, 6.07) is 3.75. The molecule has 1 fully saturated rings. The van der Waals surface area contributed by atoms with Crippen molar-refractivity contribution < 1.29 is 9.53 Å². The van der Waals surface area contributed by atoms with Gasteiger partial charge in [-0.15, -0.1) is 21.5 Å². The minimum absolute atomic E-state index is 0.100. The summed E-state index contributed by atoms with van der Waals surface area (Å²) < 4.78 is 6.87. The lowest BCUT2D eigenvalue weighted by molar-refractivity contribution is -0.114. The zero-order valence-corrected chi connectivity index (χ0v) is 18.1. The summed E-state index contributed by atoms with van der Waals surface area (Å²) in [5.41, 5.74) is 0.843. The molecule has 3 rings (SSSR count). The number of carbonyl (C=O) groups is 1. The average molecular weight is 503 g/mol. The van der Waals surface area contributed by atoms with Gasteiger partial charge in [0.1, 0.15) is 21.7 Å². The Morgan fingerprint density at radius 1 is 1.32 bits per heavy atom. The predicted octanol–water partition coefficient (Wildman–Crippen LogP) is 5.05. The molecule has 1 aliphatic heterocycles. The van der Waals surface area contributed by atoms with Crippen LogP contribution >= 0.6 is 55.0 Å². The Morgan fingerprint density at radius 2 is 2.00 bits per heavy atom. The zero-order valence-electron chi connectivity index (χ0n) is 13.3. The third-order valence-corrected chi connectivity index (χ3v) is 6.85. The van der Waals surface area contributed by atoms with Crippen molar-refractivity contribution in [1.29, 1.82) is 5.41 Å². The molecule has 0 aliphatic carbocycles. The number of carbonyl (C=O) groups excluding carboxylic acids is 1. The number of rotatable bonds is 4. The number of ketones is 1. The van der Waals surface area contributed by atoms with Gasteiger partial charge in [0.2, 0.25) is 0 Å². The summed E-state index contributed by atoms with van der Waals surface area (Å²) >= 11 is 9.50. The molecular weight excluding hydrogens is 490 g/mol. The summed E-state index contributed by atoms with van der Waals surface area (Å²) in [4.78, 5) is 13.3. The van der Waals surface area contributed by atoms with Crippen molar-refractivity contribution in [3.8, 4) is 5.75 Å². The van der Waals surface area contributed by atoms with Crippen molar-refractivity contribution in [1.82, 2.24) is 10.2 Å². The Bertz CT molecular complexity index is 872. The lowest BCUT2D eigenvalue weighted by Crippen LogP contribution is -2.11. The number of benzene rings is 1. The number of hydrogen-bond acceptors (Lipinski definition) is 7. The first-order valence-electron chi connectivity index (χ1n) is 7.32. The van der Waals surface area contributed by atoms with Gasteiger partial charge in [0.25, 0.3) is 0 Å². The molecule has 0 amide bonds. The molecule has 0 radical (unpaired) electrons. The second-order valence-corrected chi connectivity index (χ2v) is 9.06. The van der Waals surface area contributed by atoms with Gasteiger partial charge in [0, 0.05) is 0 Å². The number of nitrogens with one attached hydrogen (secondary N) is 1. The van der Waals surface area contributed by atoms with Crippen LogP contribution < -0.4 is 4.74 Å². The maximum Gasteiger partial charge on any atom is 0.186 e. The molecule has 2 heterocycles. The maximum atomic E-state index is 12.8. The molecule has 1 saturated heterocycles. The van der Waals surface area contributed by atoms with E-state index in [0.717, 1.165) is 25.9 Å². The summed E-state index contributed by atoms with van der Waals surface area (Å²) in [5.74, 6) is -0.0322. The third kappa shape index (κ3) is 3.74. The fourth-order valence-electron chi connectivity index (χ4n) is 2.35. The first-order valence-corrected chi connectivity index (χ1v) is 10.5. The lowest BCUT2D eigenvalue weighted by atomic mass is 10.1. The fraction of sp³-hybridized carbons (Fsp3) is 0.250. The van der Waals surface area contributed by atoms with Gasteiger partial charge in [-0.3, -0.25) is 10.2 Å². The minimum atomic E-state index is -0.626. The molecule has 1 aromatic carbocycles. The molecule has 0 unspecified atom stereocenters. The molecule has 0 saturated carbocycles. The summed E-state index contributed by atoms with van der Waals surface area (Å²) in [5, 5.41) is 18.1. The van der Waals surface area contributed by atoms with Gasteiger partial charge in [-0.05, 0) is 62.1 Å². The second-order valence-electron chi connectivity index (χ2n) is 5.18. The zero-order chi connectivity index (χ0) is 18.1. The molecule has 25 heavy (non-hydrogen) atoms. The molecule has 2 aromatic rings. The molecule has 0 bridgehead atoms. The van der Waals surface area contributed by atoms with E-state index in [1.807, 2.05) is 19.1 Å². The van der Waals surface area contributed by atoms with E-state index in [1.54, 1.807) is 13.2 Å². The van der Waals surface area contributed by atoms with Gasteiger partial charge in [-0.1, -0.05) is 18.7 Å². The van der Waals surface area contributed by atoms with E-state index < -0.39 is 5.92 Å². The van der Waals surface area contributed by atoms with Crippen LogP contribution in [0.4, 0.5) is 0 Å². The van der Waals surface area contributed by atoms with Crippen molar-refractivity contribution >= 4 is 71.9 Å². The van der Waals surface area contributed by atoms with Crippen LogP contribution in [0.2, 0.25) is 0 Å². The second kappa shape index (κ2) is 7.69. The SMILES string of the molecule is CCc1nnc([C@H]2C(=N)S/C(=C\c3cc(Br)c(OC)c(Br)c3)C2=O)s1. The number of ether oxygens (including phenoxy) is 1. The quantitative estimate of drug-likeness (QED) is 0.592. The minimum Gasteiger partial charge on any atom is -0.494 e. The number of methoxy groups -OCH3 is 1. The van der Waals surface area contributed by atoms with Gasteiger partial charge in [0.15, 0.2) is 5.78 Å². The van der Waals surface area contributed by atoms with Crippen LogP contribution in [-0.4, -0.2) is 28.1 Å². The van der Waals surface area contributed by atoms with Gasteiger partial charge in [0.05, 0.1) is 26.0 Å². The van der Waals surface area contributed by atoms with E-state index in [9.17, 15) is 4.79 Å². The van der Waals surface area contributed by atoms with Crippen molar-refractivity contribution in [2.75, 3.05) is 7.11 Å². The van der Waals surface area contributed by atoms with Gasteiger partial charge < -0.3 is 4.74 Å². The number of nitrogens with zero attached hydrogens (tertiary/aromatic N) is 2. The number of hydrogen-bond donors (Lipinski definition) is 1. The number of thioether (sulfide) groups is 1. The highest BCUT2D eigenvalue weighted by atomic mass is 79.9. The van der Waals surface area contributed by atoms with Crippen LogP contribution in [0.3, 0.4) is 0 Å². The number of Topliss-reactive ketones (excluding diaryl/α,β-unsaturated/α-hetero) is 1. The lowest BCUT2D eigenvalue weighted by Gasteiger charge is -2.07. The van der Waals surface area contributed by atoms with E-state index in [0.29, 0.717) is 20.7 Å². The highest BCUT2D eigenvalue weighted by Gasteiger charge is 2.39. The third-order valence-electron chi connectivity index (χ3n) is 3.54. The molecule has 1 aliphatic rings. The van der Waals surface area contributed by atoms with Crippen LogP contribution in [0.5, 0.6) is 5.75 Å². The first kappa shape index (κ1) is 18.8. The molecule has 1 aromatic heterocycles. The number of allylic oxidation sites excluding steroid dienone is 1. The fourth-order valence-corrected chi connectivity index (χ4v) is 5.85. The number of aromatic nitrogens is 2. The average Bonchev–Trinajstić information content (AvgIpc) is 3.12. The van der Waals surface area contributed by atoms with E-state index >= 15 is 0 Å². The molecule has 1 N–H and O–H groups in total. The standard InChI is InChI=1S/C16H13Br2N3O2S2/c1-3-11-20-21-16(25-11)12-13(22)10(24-15(12)19)6-7-4-8(17)14(23-2)9(18)5-7/h4-6,12,19H,3H2,1-2H3/b10-6-,19-15?/t12-/m1/s1. The molecular formula is C16H13Br2N3O2S2. The van der Waals surface area contributed by atoms with Crippen LogP contribution in [0.1, 0.15) is 28.4 Å². The van der Waals surface area contributed by atoms with E-state index in [2.05, 4.69) is 42.1 Å². The number of aryl methyl sites for hydroxylation is 1. The summed E-state index contributed by atoms with van der Waals surface area (Å²) in [6.07, 6.45) is 2.56. The Hall–Kier alpha value is -1.03. The normalized spacial score (nSPS) is 19.0. The molecule has 130 valence electrons. The van der Waals surface area contributed by atoms with E-state index in [1.165, 1.54) is 23.1 Å². The van der Waals surface area contributed by atoms with Crippen LogP contribution in [0.15, 0.2) is 26.0 Å². The van der Waals surface area contributed by atoms with Gasteiger partial charge in [-0.2, -0.15) is 0 Å². The van der Waals surface area contributed by atoms with Crippen molar-refractivity contribution in [2.24, 2.45) is 0 Å². The van der Waals surface area contributed by atoms with Crippen LogP contribution in [-0.2, 0) is 11.2 Å². The van der Waals surface area contributed by atoms with Gasteiger partial charge in [-0.25, -0.2) is 0 Å². The molecule has 5 nitrogen and oxygen atoms in total. The molecule has 1 atom stereocenters. The largest absolute Gasteiger partial charge is 0.494 e. The van der Waals surface area contributed by atoms with Crippen LogP contribution in [0, 0.1) is 5.41 Å². The van der Waals surface area contributed by atoms with E-state index in [4.69, 9.17) is 10.1 Å². The molecule has 9 heteroatoms. The smallest absolute Gasteiger partial charge is 0.186 e. The van der Waals surface area contributed by atoms with Gasteiger partial charge >= 0.3 is 0 Å². The highest BCUT2D eigenvalue weighted by Crippen LogP contribution is 2.42. The van der Waals surface area contributed by atoms with Crippen molar-refractivity contribution in [3.05, 3.63) is 41.6 Å². The topological polar surface area (TPSA) is 75.9 Å². The number of halogens is 2. The van der Waals surface area contributed by atoms with E-state index in [-0.39, 0.29) is 5.78 Å². The Morgan fingerprint density at radius 3 is 2.56 bits per heavy atom. The maximum absolute atomic E-state index is 12.8. The monoisotopic (exact) mass is 501 g/mol. The summed E-state index contributed by atoms with van der Waals surface area (Å²) in [7, 11) is 1.60. The van der Waals surface area contributed by atoms with Crippen LogP contribution in [0.25, 0.3) is 6.08 Å².